The van der Waals surface area contributed by atoms with E-state index in [2.05, 4.69) is 4.98 Å². The van der Waals surface area contributed by atoms with Crippen molar-refractivity contribution in [3.8, 4) is 0 Å². The number of carbonyl (C=O) groups excluding carboxylic acids is 1. The number of amides is 1. The molecule has 0 saturated heterocycles. The topological polar surface area (TPSA) is 53.4 Å². The van der Waals surface area contributed by atoms with Crippen LogP contribution in [0.2, 0.25) is 0 Å². The van der Waals surface area contributed by atoms with E-state index in [1.165, 1.54) is 0 Å². The molecule has 0 fully saturated rings. The van der Waals surface area contributed by atoms with Crippen molar-refractivity contribution in [3.63, 3.8) is 0 Å². The Kier molecular flexibility index (Phi) is 4.47. The lowest BCUT2D eigenvalue weighted by molar-refractivity contribution is 0.0756. The van der Waals surface area contributed by atoms with Crippen LogP contribution in [-0.2, 0) is 0 Å². The van der Waals surface area contributed by atoms with E-state index in [1.54, 1.807) is 17.2 Å². The van der Waals surface area contributed by atoms with Crippen LogP contribution in [0.4, 0.5) is 0 Å². The highest BCUT2D eigenvalue weighted by molar-refractivity contribution is 6.05. The minimum absolute atomic E-state index is 0.00505. The van der Waals surface area contributed by atoms with Crippen molar-refractivity contribution >= 4 is 16.8 Å². The fraction of sp³-hybridized carbons (Fsp3) is 0.333. The maximum atomic E-state index is 12.5. The zero-order chi connectivity index (χ0) is 13.7. The van der Waals surface area contributed by atoms with Gasteiger partial charge in [0.2, 0.25) is 0 Å². The van der Waals surface area contributed by atoms with E-state index in [0.29, 0.717) is 25.1 Å². The number of pyridine rings is 1. The molecule has 0 atom stereocenters. The van der Waals surface area contributed by atoms with Gasteiger partial charge in [-0.15, -0.1) is 0 Å². The number of para-hydroxylation sites is 1. The number of hydrogen-bond donors (Lipinski definition) is 1. The number of fused-ring (bicyclic) bond motifs is 1. The molecule has 0 unspecified atom stereocenters. The molecule has 2 aromatic rings. The highest BCUT2D eigenvalue weighted by Crippen LogP contribution is 2.18. The summed E-state index contributed by atoms with van der Waals surface area (Å²) >= 11 is 0. The Morgan fingerprint density at radius 3 is 2.84 bits per heavy atom. The smallest absolute Gasteiger partial charge is 0.254 e. The summed E-state index contributed by atoms with van der Waals surface area (Å²) in [5.41, 5.74) is 1.50. The largest absolute Gasteiger partial charge is 0.396 e. The SMILES string of the molecule is CCN(CCCO)C(=O)c1ccnc2ccccc12. The first-order chi connectivity index (χ1) is 9.27. The lowest BCUT2D eigenvalue weighted by Crippen LogP contribution is -2.32. The van der Waals surface area contributed by atoms with Crippen LogP contribution in [0, 0.1) is 0 Å². The fourth-order valence-corrected chi connectivity index (χ4v) is 2.12. The summed E-state index contributed by atoms with van der Waals surface area (Å²) in [5, 5.41) is 9.76. The van der Waals surface area contributed by atoms with Crippen LogP contribution in [0.15, 0.2) is 36.5 Å². The zero-order valence-electron chi connectivity index (χ0n) is 11.0. The van der Waals surface area contributed by atoms with Crippen molar-refractivity contribution in [3.05, 3.63) is 42.1 Å². The van der Waals surface area contributed by atoms with Crippen molar-refractivity contribution in [1.82, 2.24) is 9.88 Å². The molecular formula is C15H18N2O2. The molecule has 1 aromatic heterocycles. The minimum Gasteiger partial charge on any atom is -0.396 e. The van der Waals surface area contributed by atoms with Crippen molar-refractivity contribution in [2.24, 2.45) is 0 Å². The Hall–Kier alpha value is -1.94. The van der Waals surface area contributed by atoms with E-state index in [1.807, 2.05) is 31.2 Å². The van der Waals surface area contributed by atoms with Gasteiger partial charge in [0.05, 0.1) is 11.1 Å². The lowest BCUT2D eigenvalue weighted by atomic mass is 10.1. The van der Waals surface area contributed by atoms with Crippen LogP contribution in [0.1, 0.15) is 23.7 Å². The molecule has 4 heteroatoms. The van der Waals surface area contributed by atoms with E-state index in [4.69, 9.17) is 5.11 Å². The maximum absolute atomic E-state index is 12.5. The summed E-state index contributed by atoms with van der Waals surface area (Å²) in [4.78, 5) is 18.5. The van der Waals surface area contributed by atoms with Crippen LogP contribution in [-0.4, -0.2) is 40.6 Å². The van der Waals surface area contributed by atoms with Gasteiger partial charge in [-0.1, -0.05) is 18.2 Å². The number of aromatic nitrogens is 1. The molecular weight excluding hydrogens is 240 g/mol. The highest BCUT2D eigenvalue weighted by atomic mass is 16.3. The fourth-order valence-electron chi connectivity index (χ4n) is 2.12. The Labute approximate surface area is 112 Å². The van der Waals surface area contributed by atoms with E-state index < -0.39 is 0 Å². The van der Waals surface area contributed by atoms with Gasteiger partial charge in [0.1, 0.15) is 0 Å². The van der Waals surface area contributed by atoms with Gasteiger partial charge in [-0.25, -0.2) is 0 Å². The molecule has 0 radical (unpaired) electrons. The number of aliphatic hydroxyl groups is 1. The predicted molar refractivity (Wildman–Crippen MR) is 75.0 cm³/mol. The van der Waals surface area contributed by atoms with Gasteiger partial charge in [-0.05, 0) is 25.5 Å². The number of carbonyl (C=O) groups is 1. The number of aliphatic hydroxyl groups excluding tert-OH is 1. The van der Waals surface area contributed by atoms with E-state index in [0.717, 1.165) is 10.9 Å². The normalized spacial score (nSPS) is 10.6. The minimum atomic E-state index is -0.00505. The lowest BCUT2D eigenvalue weighted by Gasteiger charge is -2.21. The van der Waals surface area contributed by atoms with E-state index >= 15 is 0 Å². The second kappa shape index (κ2) is 6.29. The maximum Gasteiger partial charge on any atom is 0.254 e. The van der Waals surface area contributed by atoms with Gasteiger partial charge in [0.15, 0.2) is 0 Å². The van der Waals surface area contributed by atoms with Gasteiger partial charge in [-0.2, -0.15) is 0 Å². The van der Waals surface area contributed by atoms with Crippen molar-refractivity contribution in [2.75, 3.05) is 19.7 Å². The molecule has 0 aliphatic rings. The summed E-state index contributed by atoms with van der Waals surface area (Å²) in [6.07, 6.45) is 2.26. The Morgan fingerprint density at radius 2 is 2.11 bits per heavy atom. The molecule has 100 valence electrons. The summed E-state index contributed by atoms with van der Waals surface area (Å²) in [6.45, 7) is 3.25. The number of rotatable bonds is 5. The first-order valence-electron chi connectivity index (χ1n) is 6.51. The molecule has 1 amide bonds. The molecule has 1 N–H and O–H groups in total. The molecule has 0 aliphatic carbocycles. The van der Waals surface area contributed by atoms with Crippen LogP contribution < -0.4 is 0 Å². The van der Waals surface area contributed by atoms with Gasteiger partial charge in [0, 0.05) is 31.3 Å². The summed E-state index contributed by atoms with van der Waals surface area (Å²) < 4.78 is 0. The molecule has 2 rings (SSSR count). The third kappa shape index (κ3) is 2.90. The molecule has 1 aromatic carbocycles. The van der Waals surface area contributed by atoms with E-state index in [-0.39, 0.29) is 12.5 Å². The van der Waals surface area contributed by atoms with Gasteiger partial charge >= 0.3 is 0 Å². The number of hydrogen-bond acceptors (Lipinski definition) is 3. The Bertz CT molecular complexity index is 564. The molecule has 0 spiro atoms. The summed E-state index contributed by atoms with van der Waals surface area (Å²) in [7, 11) is 0. The van der Waals surface area contributed by atoms with E-state index in [9.17, 15) is 4.79 Å². The monoisotopic (exact) mass is 258 g/mol. The zero-order valence-corrected chi connectivity index (χ0v) is 11.0. The van der Waals surface area contributed by atoms with Crippen molar-refractivity contribution in [2.45, 2.75) is 13.3 Å². The third-order valence-corrected chi connectivity index (χ3v) is 3.13. The average molecular weight is 258 g/mol. The quantitative estimate of drug-likeness (QED) is 0.893. The average Bonchev–Trinajstić information content (AvgIpc) is 2.47. The molecule has 19 heavy (non-hydrogen) atoms. The van der Waals surface area contributed by atoms with Crippen LogP contribution >= 0.6 is 0 Å². The summed E-state index contributed by atoms with van der Waals surface area (Å²) in [5.74, 6) is -0.00505. The molecule has 4 nitrogen and oxygen atoms in total. The molecule has 0 bridgehead atoms. The first-order valence-corrected chi connectivity index (χ1v) is 6.51. The van der Waals surface area contributed by atoms with Crippen molar-refractivity contribution in [1.29, 1.82) is 0 Å². The summed E-state index contributed by atoms with van der Waals surface area (Å²) in [6, 6.07) is 9.38. The first kappa shape index (κ1) is 13.5. The van der Waals surface area contributed by atoms with Crippen LogP contribution in [0.3, 0.4) is 0 Å². The van der Waals surface area contributed by atoms with Gasteiger partial charge < -0.3 is 10.0 Å². The number of nitrogens with zero attached hydrogens (tertiary/aromatic N) is 2. The highest BCUT2D eigenvalue weighted by Gasteiger charge is 2.16. The van der Waals surface area contributed by atoms with Crippen molar-refractivity contribution < 1.29 is 9.90 Å². The Balaban J connectivity index is 2.35. The third-order valence-electron chi connectivity index (χ3n) is 3.13. The standard InChI is InChI=1S/C15H18N2O2/c1-2-17(10-5-11-18)15(19)13-8-9-16-14-7-4-3-6-12(13)14/h3-4,6-9,18H,2,5,10-11H2,1H3. The molecule has 1 heterocycles. The van der Waals surface area contributed by atoms with Crippen LogP contribution in [0.5, 0.6) is 0 Å². The second-order valence-corrected chi connectivity index (χ2v) is 4.34. The van der Waals surface area contributed by atoms with Crippen LogP contribution in [0.25, 0.3) is 10.9 Å². The predicted octanol–water partition coefficient (Wildman–Crippen LogP) is 2.08. The van der Waals surface area contributed by atoms with Gasteiger partial charge in [0.25, 0.3) is 5.91 Å². The number of benzene rings is 1. The van der Waals surface area contributed by atoms with Gasteiger partial charge in [-0.3, -0.25) is 9.78 Å². The molecule has 0 saturated carbocycles. The molecule has 0 aliphatic heterocycles. The Morgan fingerprint density at radius 1 is 1.32 bits per heavy atom. The second-order valence-electron chi connectivity index (χ2n) is 4.34.